The highest BCUT2D eigenvalue weighted by molar-refractivity contribution is 5.89. The summed E-state index contributed by atoms with van der Waals surface area (Å²) in [6.45, 7) is 5.92. The van der Waals surface area contributed by atoms with Gasteiger partial charge in [0, 0.05) is 0 Å². The monoisotopic (exact) mass is 305 g/mol. The Morgan fingerprint density at radius 3 is 2.82 bits per heavy atom. The third-order valence-electron chi connectivity index (χ3n) is 4.34. The van der Waals surface area contributed by atoms with Crippen LogP contribution in [0.1, 0.15) is 38.8 Å². The summed E-state index contributed by atoms with van der Waals surface area (Å²) in [4.78, 5) is 11.6. The van der Waals surface area contributed by atoms with Gasteiger partial charge in [0.2, 0.25) is 0 Å². The third kappa shape index (κ3) is 2.33. The zero-order valence-electron chi connectivity index (χ0n) is 12.9. The molecule has 22 heavy (non-hydrogen) atoms. The van der Waals surface area contributed by atoms with Crippen molar-refractivity contribution in [1.82, 2.24) is 15.8 Å². The van der Waals surface area contributed by atoms with Crippen molar-refractivity contribution < 1.29 is 14.3 Å². The van der Waals surface area contributed by atoms with Gasteiger partial charge in [-0.2, -0.15) is 0 Å². The molecule has 118 valence electrons. The number of fused-ring (bicyclic) bond motifs is 1. The van der Waals surface area contributed by atoms with Crippen LogP contribution in [0, 0.1) is 5.82 Å². The smallest absolute Gasteiger partial charge is 0.336 e. The first-order chi connectivity index (χ1) is 10.3. The van der Waals surface area contributed by atoms with Gasteiger partial charge >= 0.3 is 5.97 Å². The van der Waals surface area contributed by atoms with Gasteiger partial charge in [-0.1, -0.05) is 12.1 Å². The highest BCUT2D eigenvalue weighted by Crippen LogP contribution is 2.39. The van der Waals surface area contributed by atoms with Crippen LogP contribution in [0.2, 0.25) is 0 Å². The number of nitrogens with one attached hydrogen (secondary N) is 2. The van der Waals surface area contributed by atoms with E-state index in [1.54, 1.807) is 6.07 Å². The molecule has 5 nitrogen and oxygen atoms in total. The fourth-order valence-corrected chi connectivity index (χ4v) is 3.29. The highest BCUT2D eigenvalue weighted by Gasteiger charge is 2.45. The Hall–Kier alpha value is -2.08. The highest BCUT2D eigenvalue weighted by atomic mass is 19.1. The lowest BCUT2D eigenvalue weighted by molar-refractivity contribution is -0.132. The van der Waals surface area contributed by atoms with Crippen LogP contribution in [0.5, 0.6) is 0 Å². The van der Waals surface area contributed by atoms with Crippen LogP contribution >= 0.6 is 0 Å². The van der Waals surface area contributed by atoms with Crippen LogP contribution in [-0.4, -0.2) is 27.7 Å². The molecule has 6 heteroatoms. The summed E-state index contributed by atoms with van der Waals surface area (Å²) in [7, 11) is 0. The Bertz CT molecular complexity index is 657. The van der Waals surface area contributed by atoms with Crippen LogP contribution in [0.15, 0.2) is 35.7 Å². The zero-order valence-corrected chi connectivity index (χ0v) is 12.9. The fraction of sp³-hybridized carbons (Fsp3) is 0.438. The lowest BCUT2D eigenvalue weighted by Gasteiger charge is -2.46. The van der Waals surface area contributed by atoms with E-state index >= 15 is 0 Å². The molecule has 0 bridgehead atoms. The molecule has 0 saturated carbocycles. The molecule has 0 aliphatic carbocycles. The van der Waals surface area contributed by atoms with E-state index in [1.807, 2.05) is 31.8 Å². The maximum Gasteiger partial charge on any atom is 0.336 e. The van der Waals surface area contributed by atoms with Crippen LogP contribution in [0.25, 0.3) is 0 Å². The van der Waals surface area contributed by atoms with Crippen molar-refractivity contribution in [2.24, 2.45) is 0 Å². The molecule has 2 heterocycles. The number of halogens is 1. The summed E-state index contributed by atoms with van der Waals surface area (Å²) in [5.74, 6) is -0.656. The molecule has 0 spiro atoms. The number of carboxylic acid groups (broad SMARTS) is 1. The lowest BCUT2D eigenvalue weighted by Crippen LogP contribution is -2.57. The predicted molar refractivity (Wildman–Crippen MR) is 80.1 cm³/mol. The minimum Gasteiger partial charge on any atom is -0.478 e. The van der Waals surface area contributed by atoms with Crippen molar-refractivity contribution in [3.8, 4) is 0 Å². The molecule has 1 fully saturated rings. The standard InChI is InChI=1S/C16H20FN3O2/c1-9-13(15(21)22)14-18-12(8-16(2,3)20(14)19-9)10-5-4-6-11(17)7-10/h4-7,9,12,18-19H,8H2,1-3H3,(H,21,22). The number of carboxylic acids is 1. The van der Waals surface area contributed by atoms with Crippen LogP contribution in [0.4, 0.5) is 4.39 Å². The molecule has 0 amide bonds. The van der Waals surface area contributed by atoms with E-state index in [0.29, 0.717) is 11.4 Å². The fourth-order valence-electron chi connectivity index (χ4n) is 3.29. The van der Waals surface area contributed by atoms with E-state index < -0.39 is 5.97 Å². The van der Waals surface area contributed by atoms with Gasteiger partial charge in [0.25, 0.3) is 0 Å². The molecular formula is C16H20FN3O2. The number of aliphatic carboxylic acids is 1. The number of nitrogens with zero attached hydrogens (tertiary/aromatic N) is 1. The Kier molecular flexibility index (Phi) is 3.36. The van der Waals surface area contributed by atoms with Gasteiger partial charge in [0.15, 0.2) is 0 Å². The molecule has 2 atom stereocenters. The molecule has 0 radical (unpaired) electrons. The van der Waals surface area contributed by atoms with Crippen LogP contribution in [0.3, 0.4) is 0 Å². The van der Waals surface area contributed by atoms with Gasteiger partial charge in [0.05, 0.1) is 23.2 Å². The number of hydrogen-bond acceptors (Lipinski definition) is 4. The Morgan fingerprint density at radius 2 is 2.18 bits per heavy atom. The first-order valence-corrected chi connectivity index (χ1v) is 7.35. The average molecular weight is 305 g/mol. The molecule has 1 aromatic rings. The molecule has 3 rings (SSSR count). The first kappa shape index (κ1) is 14.8. The van der Waals surface area contributed by atoms with Gasteiger partial charge < -0.3 is 10.4 Å². The van der Waals surface area contributed by atoms with E-state index in [4.69, 9.17) is 0 Å². The van der Waals surface area contributed by atoms with E-state index in [9.17, 15) is 14.3 Å². The minimum absolute atomic E-state index is 0.126. The SMILES string of the molecule is CC1NN2C(=C1C(=O)O)NC(c1cccc(F)c1)CC2(C)C. The van der Waals surface area contributed by atoms with Crippen LogP contribution in [-0.2, 0) is 4.79 Å². The topological polar surface area (TPSA) is 64.6 Å². The Labute approximate surface area is 128 Å². The largest absolute Gasteiger partial charge is 0.478 e. The number of rotatable bonds is 2. The number of hydrazine groups is 1. The van der Waals surface area contributed by atoms with Gasteiger partial charge in [-0.3, -0.25) is 5.01 Å². The normalized spacial score (nSPS) is 26.6. The minimum atomic E-state index is -0.944. The summed E-state index contributed by atoms with van der Waals surface area (Å²) >= 11 is 0. The molecule has 2 aliphatic rings. The van der Waals surface area contributed by atoms with Crippen molar-refractivity contribution in [2.75, 3.05) is 0 Å². The maximum absolute atomic E-state index is 13.5. The van der Waals surface area contributed by atoms with Crippen LogP contribution < -0.4 is 10.7 Å². The first-order valence-electron chi connectivity index (χ1n) is 7.35. The van der Waals surface area contributed by atoms with Crippen molar-refractivity contribution >= 4 is 5.97 Å². The van der Waals surface area contributed by atoms with Gasteiger partial charge in [0.1, 0.15) is 11.6 Å². The quantitative estimate of drug-likeness (QED) is 0.781. The maximum atomic E-state index is 13.5. The number of benzene rings is 1. The summed E-state index contributed by atoms with van der Waals surface area (Å²) in [5, 5.41) is 14.6. The lowest BCUT2D eigenvalue weighted by atomic mass is 9.88. The van der Waals surface area contributed by atoms with E-state index in [2.05, 4.69) is 10.7 Å². The summed E-state index contributed by atoms with van der Waals surface area (Å²) < 4.78 is 13.5. The number of hydrogen-bond donors (Lipinski definition) is 3. The van der Waals surface area contributed by atoms with E-state index in [0.717, 1.165) is 12.0 Å². The Balaban J connectivity index is 2.03. The third-order valence-corrected chi connectivity index (χ3v) is 4.34. The number of carbonyl (C=O) groups is 1. The summed E-state index contributed by atoms with van der Waals surface area (Å²) in [6, 6.07) is 6.04. The predicted octanol–water partition coefficient (Wildman–Crippen LogP) is 2.14. The van der Waals surface area contributed by atoms with Gasteiger partial charge in [-0.15, -0.1) is 0 Å². The second-order valence-corrected chi connectivity index (χ2v) is 6.52. The van der Waals surface area contributed by atoms with Crippen molar-refractivity contribution in [3.63, 3.8) is 0 Å². The molecule has 3 N–H and O–H groups in total. The molecule has 0 aromatic heterocycles. The van der Waals surface area contributed by atoms with Gasteiger partial charge in [-0.05, 0) is 44.9 Å². The molecular weight excluding hydrogens is 285 g/mol. The van der Waals surface area contributed by atoms with Gasteiger partial charge in [-0.25, -0.2) is 14.6 Å². The zero-order chi connectivity index (χ0) is 16.1. The van der Waals surface area contributed by atoms with Crippen molar-refractivity contribution in [2.45, 2.75) is 44.8 Å². The Morgan fingerprint density at radius 1 is 1.45 bits per heavy atom. The molecule has 2 unspecified atom stereocenters. The summed E-state index contributed by atoms with van der Waals surface area (Å²) in [6.07, 6.45) is 0.729. The van der Waals surface area contributed by atoms with E-state index in [1.165, 1.54) is 12.1 Å². The van der Waals surface area contributed by atoms with Crippen molar-refractivity contribution in [3.05, 3.63) is 47.0 Å². The molecule has 1 aromatic carbocycles. The molecule has 2 aliphatic heterocycles. The van der Waals surface area contributed by atoms with Crippen molar-refractivity contribution in [1.29, 1.82) is 0 Å². The van der Waals surface area contributed by atoms with E-state index in [-0.39, 0.29) is 23.4 Å². The second-order valence-electron chi connectivity index (χ2n) is 6.52. The average Bonchev–Trinajstić information content (AvgIpc) is 2.75. The molecule has 1 saturated heterocycles. The second kappa shape index (κ2) is 4.98. The summed E-state index contributed by atoms with van der Waals surface area (Å²) in [5.41, 5.74) is 4.05.